The van der Waals surface area contributed by atoms with Gasteiger partial charge in [0.15, 0.2) is 0 Å². The van der Waals surface area contributed by atoms with Gasteiger partial charge in [-0.3, -0.25) is 9.59 Å². The lowest BCUT2D eigenvalue weighted by atomic mass is 10.1. The second-order valence-electron chi connectivity index (χ2n) is 4.33. The topological polar surface area (TPSA) is 109 Å². The first kappa shape index (κ1) is 16.0. The highest BCUT2D eigenvalue weighted by Gasteiger charge is 2.22. The molecule has 0 heterocycles. The Morgan fingerprint density at radius 1 is 1.40 bits per heavy atom. The van der Waals surface area contributed by atoms with E-state index in [1.807, 2.05) is 0 Å². The van der Waals surface area contributed by atoms with Gasteiger partial charge in [0.1, 0.15) is 6.04 Å². The Hall–Kier alpha value is -2.08. The van der Waals surface area contributed by atoms with Crippen molar-refractivity contribution in [3.8, 4) is 0 Å². The van der Waals surface area contributed by atoms with Crippen molar-refractivity contribution in [2.75, 3.05) is 0 Å². The van der Waals surface area contributed by atoms with Crippen LogP contribution in [0.15, 0.2) is 18.2 Å². The smallest absolute Gasteiger partial charge is 0.326 e. The Labute approximate surface area is 120 Å². The van der Waals surface area contributed by atoms with Crippen molar-refractivity contribution in [3.63, 3.8) is 0 Å². The maximum atomic E-state index is 12.0. The Balaban J connectivity index is 2.82. The minimum atomic E-state index is -1.22. The largest absolute Gasteiger partial charge is 0.480 e. The number of hydrogen-bond donors (Lipinski definition) is 3. The lowest BCUT2D eigenvalue weighted by Crippen LogP contribution is -2.41. The standard InChI is InChI=1S/C13H15ClN2O4/c1-7-2-3-8(14)6-9(7)12(18)16-10(13(19)20)4-5-11(15)17/h2-3,6,10H,4-5H2,1H3,(H2,15,17)(H,16,18)(H,19,20)/t10-/m1/s1. The Morgan fingerprint density at radius 2 is 2.05 bits per heavy atom. The van der Waals surface area contributed by atoms with Crippen LogP contribution in [0.4, 0.5) is 0 Å². The lowest BCUT2D eigenvalue weighted by Gasteiger charge is -2.14. The molecule has 0 aliphatic carbocycles. The average molecular weight is 299 g/mol. The van der Waals surface area contributed by atoms with Gasteiger partial charge in [-0.15, -0.1) is 0 Å². The molecule has 0 aromatic heterocycles. The number of hydrogen-bond acceptors (Lipinski definition) is 3. The van der Waals surface area contributed by atoms with Crippen molar-refractivity contribution < 1.29 is 19.5 Å². The van der Waals surface area contributed by atoms with Crippen molar-refractivity contribution in [2.24, 2.45) is 5.73 Å². The zero-order valence-electron chi connectivity index (χ0n) is 10.9. The summed E-state index contributed by atoms with van der Waals surface area (Å²) in [7, 11) is 0. The fourth-order valence-corrected chi connectivity index (χ4v) is 1.79. The number of carbonyl (C=O) groups excluding carboxylic acids is 2. The van der Waals surface area contributed by atoms with Crippen LogP contribution in [0.25, 0.3) is 0 Å². The van der Waals surface area contributed by atoms with Crippen LogP contribution in [0.2, 0.25) is 5.02 Å². The third-order valence-electron chi connectivity index (χ3n) is 2.73. The predicted octanol–water partition coefficient (Wildman–Crippen LogP) is 1.10. The second kappa shape index (κ2) is 6.91. The highest BCUT2D eigenvalue weighted by atomic mass is 35.5. The van der Waals surface area contributed by atoms with E-state index < -0.39 is 23.8 Å². The van der Waals surface area contributed by atoms with Crippen LogP contribution in [-0.4, -0.2) is 28.9 Å². The number of rotatable bonds is 6. The second-order valence-corrected chi connectivity index (χ2v) is 4.76. The number of halogens is 1. The molecule has 1 rings (SSSR count). The van der Waals surface area contributed by atoms with E-state index in [0.717, 1.165) is 0 Å². The number of carbonyl (C=O) groups is 3. The number of nitrogens with one attached hydrogen (secondary N) is 1. The summed E-state index contributed by atoms with van der Waals surface area (Å²) in [6.45, 7) is 1.71. The molecule has 0 unspecified atom stereocenters. The molecular formula is C13H15ClN2O4. The fourth-order valence-electron chi connectivity index (χ4n) is 1.62. The summed E-state index contributed by atoms with van der Waals surface area (Å²) in [4.78, 5) is 33.7. The number of carboxylic acids is 1. The van der Waals surface area contributed by atoms with Gasteiger partial charge in [0, 0.05) is 17.0 Å². The maximum Gasteiger partial charge on any atom is 0.326 e. The van der Waals surface area contributed by atoms with Crippen LogP contribution >= 0.6 is 11.6 Å². The first-order valence-electron chi connectivity index (χ1n) is 5.89. The molecule has 1 aromatic rings. The molecule has 1 atom stereocenters. The van der Waals surface area contributed by atoms with Crippen LogP contribution in [-0.2, 0) is 9.59 Å². The molecule has 4 N–H and O–H groups in total. The molecule has 0 fully saturated rings. The molecule has 0 aliphatic heterocycles. The number of nitrogens with two attached hydrogens (primary N) is 1. The SMILES string of the molecule is Cc1ccc(Cl)cc1C(=O)N[C@H](CCC(N)=O)C(=O)O. The van der Waals surface area contributed by atoms with Crippen LogP contribution in [0.1, 0.15) is 28.8 Å². The van der Waals surface area contributed by atoms with Gasteiger partial charge in [-0.05, 0) is 31.0 Å². The zero-order valence-corrected chi connectivity index (χ0v) is 11.6. The zero-order chi connectivity index (χ0) is 15.3. The predicted molar refractivity (Wildman–Crippen MR) is 73.5 cm³/mol. The monoisotopic (exact) mass is 298 g/mol. The van der Waals surface area contributed by atoms with E-state index in [9.17, 15) is 14.4 Å². The molecule has 6 nitrogen and oxygen atoms in total. The third-order valence-corrected chi connectivity index (χ3v) is 2.96. The quantitative estimate of drug-likeness (QED) is 0.730. The molecule has 2 amide bonds. The summed E-state index contributed by atoms with van der Waals surface area (Å²) in [5, 5.41) is 11.7. The van der Waals surface area contributed by atoms with E-state index >= 15 is 0 Å². The van der Waals surface area contributed by atoms with Crippen molar-refractivity contribution >= 4 is 29.4 Å². The van der Waals surface area contributed by atoms with Gasteiger partial charge in [0.05, 0.1) is 0 Å². The van der Waals surface area contributed by atoms with Gasteiger partial charge in [-0.25, -0.2) is 4.79 Å². The summed E-state index contributed by atoms with van der Waals surface area (Å²) >= 11 is 5.81. The number of carboxylic acid groups (broad SMARTS) is 1. The number of amides is 2. The molecule has 0 radical (unpaired) electrons. The van der Waals surface area contributed by atoms with Gasteiger partial charge in [-0.2, -0.15) is 0 Å². The maximum absolute atomic E-state index is 12.0. The van der Waals surface area contributed by atoms with E-state index in [-0.39, 0.29) is 12.8 Å². The van der Waals surface area contributed by atoms with Crippen molar-refractivity contribution in [3.05, 3.63) is 34.3 Å². The summed E-state index contributed by atoms with van der Waals surface area (Å²) in [5.74, 6) is -2.40. The Bertz CT molecular complexity index is 545. The molecule has 0 spiro atoms. The number of aliphatic carboxylic acids is 1. The molecule has 7 heteroatoms. The van der Waals surface area contributed by atoms with Crippen molar-refractivity contribution in [1.82, 2.24) is 5.32 Å². The molecule has 0 bridgehead atoms. The highest BCUT2D eigenvalue weighted by molar-refractivity contribution is 6.31. The van der Waals surface area contributed by atoms with Gasteiger partial charge in [-0.1, -0.05) is 17.7 Å². The van der Waals surface area contributed by atoms with Gasteiger partial charge < -0.3 is 16.2 Å². The number of benzene rings is 1. The van der Waals surface area contributed by atoms with Crippen molar-refractivity contribution in [1.29, 1.82) is 0 Å². The minimum Gasteiger partial charge on any atom is -0.480 e. The Kier molecular flexibility index (Phi) is 5.52. The van der Waals surface area contributed by atoms with E-state index in [2.05, 4.69) is 5.32 Å². The lowest BCUT2D eigenvalue weighted by molar-refractivity contribution is -0.139. The molecular weight excluding hydrogens is 284 g/mol. The molecule has 108 valence electrons. The third kappa shape index (κ3) is 4.55. The van der Waals surface area contributed by atoms with Gasteiger partial charge in [0.2, 0.25) is 5.91 Å². The van der Waals surface area contributed by atoms with E-state index in [1.165, 1.54) is 6.07 Å². The van der Waals surface area contributed by atoms with E-state index in [1.54, 1.807) is 19.1 Å². The first-order chi connectivity index (χ1) is 9.31. The molecule has 0 aliphatic rings. The number of primary amides is 1. The first-order valence-corrected chi connectivity index (χ1v) is 6.27. The van der Waals surface area contributed by atoms with Crippen LogP contribution in [0, 0.1) is 6.92 Å². The van der Waals surface area contributed by atoms with Crippen LogP contribution < -0.4 is 11.1 Å². The van der Waals surface area contributed by atoms with Crippen LogP contribution in [0.3, 0.4) is 0 Å². The summed E-state index contributed by atoms with van der Waals surface area (Å²) in [5.41, 5.74) is 5.93. The fraction of sp³-hybridized carbons (Fsp3) is 0.308. The van der Waals surface area contributed by atoms with E-state index in [4.69, 9.17) is 22.4 Å². The van der Waals surface area contributed by atoms with Crippen LogP contribution in [0.5, 0.6) is 0 Å². The summed E-state index contributed by atoms with van der Waals surface area (Å²) in [6, 6.07) is 3.58. The normalized spacial score (nSPS) is 11.7. The Morgan fingerprint density at radius 3 is 2.60 bits per heavy atom. The van der Waals surface area contributed by atoms with Crippen molar-refractivity contribution in [2.45, 2.75) is 25.8 Å². The van der Waals surface area contributed by atoms with E-state index in [0.29, 0.717) is 16.1 Å². The molecule has 20 heavy (non-hydrogen) atoms. The van der Waals surface area contributed by atoms with Gasteiger partial charge >= 0.3 is 5.97 Å². The summed E-state index contributed by atoms with van der Waals surface area (Å²) < 4.78 is 0. The molecule has 1 aromatic carbocycles. The average Bonchev–Trinajstić information content (AvgIpc) is 2.36. The number of aryl methyl sites for hydroxylation is 1. The highest BCUT2D eigenvalue weighted by Crippen LogP contribution is 2.15. The summed E-state index contributed by atoms with van der Waals surface area (Å²) in [6.07, 6.45) is -0.179. The molecule has 0 saturated heterocycles. The van der Waals surface area contributed by atoms with Gasteiger partial charge in [0.25, 0.3) is 5.91 Å². The minimum absolute atomic E-state index is 0.0595. The molecule has 0 saturated carbocycles.